The number of ether oxygens (including phenoxy) is 1. The number of nitrogens with zero attached hydrogens (tertiary/aromatic N) is 1. The van der Waals surface area contributed by atoms with Crippen molar-refractivity contribution in [2.24, 2.45) is 0 Å². The summed E-state index contributed by atoms with van der Waals surface area (Å²) in [5, 5.41) is 23.9. The van der Waals surface area contributed by atoms with Crippen LogP contribution in [0.25, 0.3) is 0 Å². The van der Waals surface area contributed by atoms with E-state index < -0.39 is 22.3 Å². The number of nitrogens with one attached hydrogen (secondary N) is 1. The molecule has 1 aromatic carbocycles. The highest BCUT2D eigenvalue weighted by atomic mass is 16.6. The van der Waals surface area contributed by atoms with Gasteiger partial charge in [0.05, 0.1) is 19.2 Å². The Morgan fingerprint density at radius 2 is 2.13 bits per heavy atom. The molecule has 0 saturated heterocycles. The number of benzene rings is 1. The van der Waals surface area contributed by atoms with Crippen molar-refractivity contribution < 1.29 is 24.0 Å². The lowest BCUT2D eigenvalue weighted by atomic mass is 9.88. The molecule has 8 nitrogen and oxygen atoms in total. The van der Waals surface area contributed by atoms with E-state index in [1.54, 1.807) is 24.3 Å². The number of fused-ring (bicyclic) bond motifs is 1. The van der Waals surface area contributed by atoms with Crippen molar-refractivity contribution in [2.45, 2.75) is 12.0 Å². The minimum Gasteiger partial charge on any atom is -0.493 e. The standard InChI is InChI=1S/C15H14N2O6/c18-14(12-5-6-13(23-12)17(20)21)16-9-15(19)7-8-22-11-4-2-1-3-10(11)15/h1-6,19H,7-9H2,(H,16,18). The van der Waals surface area contributed by atoms with Crippen molar-refractivity contribution in [3.05, 3.63) is 57.8 Å². The fraction of sp³-hybridized carbons (Fsp3) is 0.267. The molecule has 120 valence electrons. The molecule has 1 aromatic heterocycles. The molecular formula is C15H14N2O6. The van der Waals surface area contributed by atoms with Gasteiger partial charge in [0.15, 0.2) is 5.76 Å². The number of para-hydroxylation sites is 1. The molecule has 2 aromatic rings. The number of nitro groups is 1. The van der Waals surface area contributed by atoms with Gasteiger partial charge >= 0.3 is 5.88 Å². The van der Waals surface area contributed by atoms with Crippen LogP contribution in [-0.2, 0) is 5.60 Å². The third-order valence-electron chi connectivity index (χ3n) is 3.70. The average molecular weight is 318 g/mol. The van der Waals surface area contributed by atoms with Gasteiger partial charge in [0.25, 0.3) is 5.91 Å². The lowest BCUT2D eigenvalue weighted by molar-refractivity contribution is -0.402. The Morgan fingerprint density at radius 3 is 2.87 bits per heavy atom. The van der Waals surface area contributed by atoms with Gasteiger partial charge in [-0.2, -0.15) is 0 Å². The van der Waals surface area contributed by atoms with Crippen molar-refractivity contribution >= 4 is 11.8 Å². The maximum absolute atomic E-state index is 12.0. The van der Waals surface area contributed by atoms with Crippen molar-refractivity contribution in [2.75, 3.05) is 13.2 Å². The first-order chi connectivity index (χ1) is 11.0. The van der Waals surface area contributed by atoms with Crippen LogP contribution in [0.15, 0.2) is 40.8 Å². The van der Waals surface area contributed by atoms with E-state index in [1.807, 2.05) is 0 Å². The molecule has 0 aliphatic carbocycles. The first-order valence-corrected chi connectivity index (χ1v) is 6.97. The second-order valence-electron chi connectivity index (χ2n) is 5.20. The van der Waals surface area contributed by atoms with Gasteiger partial charge in [-0.15, -0.1) is 0 Å². The molecule has 0 radical (unpaired) electrons. The Balaban J connectivity index is 1.72. The molecule has 8 heteroatoms. The van der Waals surface area contributed by atoms with Gasteiger partial charge in [0, 0.05) is 12.0 Å². The second kappa shape index (κ2) is 5.73. The van der Waals surface area contributed by atoms with Crippen LogP contribution in [-0.4, -0.2) is 29.1 Å². The summed E-state index contributed by atoms with van der Waals surface area (Å²) in [6, 6.07) is 9.37. The van der Waals surface area contributed by atoms with Crippen molar-refractivity contribution in [1.29, 1.82) is 0 Å². The molecule has 1 unspecified atom stereocenters. The summed E-state index contributed by atoms with van der Waals surface area (Å²) in [6.07, 6.45) is 0.322. The van der Waals surface area contributed by atoms with Gasteiger partial charge in [-0.05, 0) is 12.1 Å². The largest absolute Gasteiger partial charge is 0.493 e. The van der Waals surface area contributed by atoms with Crippen LogP contribution in [0.2, 0.25) is 0 Å². The number of carbonyl (C=O) groups excluding carboxylic acids is 1. The molecule has 3 rings (SSSR count). The molecule has 0 saturated carbocycles. The van der Waals surface area contributed by atoms with Crippen LogP contribution in [0.5, 0.6) is 5.75 Å². The zero-order valence-corrected chi connectivity index (χ0v) is 12.0. The molecule has 23 heavy (non-hydrogen) atoms. The van der Waals surface area contributed by atoms with E-state index in [4.69, 9.17) is 9.15 Å². The van der Waals surface area contributed by atoms with Gasteiger partial charge in [-0.25, -0.2) is 0 Å². The molecule has 2 heterocycles. The number of rotatable bonds is 4. The highest BCUT2D eigenvalue weighted by Gasteiger charge is 2.36. The van der Waals surface area contributed by atoms with E-state index in [0.29, 0.717) is 24.3 Å². The van der Waals surface area contributed by atoms with Crippen LogP contribution in [0.1, 0.15) is 22.5 Å². The molecular weight excluding hydrogens is 304 g/mol. The van der Waals surface area contributed by atoms with Crippen molar-refractivity contribution in [3.8, 4) is 5.75 Å². The molecule has 0 spiro atoms. The monoisotopic (exact) mass is 318 g/mol. The normalized spacial score (nSPS) is 19.5. The van der Waals surface area contributed by atoms with Gasteiger partial charge in [-0.1, -0.05) is 18.2 Å². The quantitative estimate of drug-likeness (QED) is 0.653. The summed E-state index contributed by atoms with van der Waals surface area (Å²) in [5.41, 5.74) is -0.666. The van der Waals surface area contributed by atoms with Crippen LogP contribution in [0.4, 0.5) is 5.88 Å². The third-order valence-corrected chi connectivity index (χ3v) is 3.70. The van der Waals surface area contributed by atoms with Crippen LogP contribution < -0.4 is 10.1 Å². The number of amides is 1. The first kappa shape index (κ1) is 15.0. The minimum atomic E-state index is -1.26. The van der Waals surface area contributed by atoms with E-state index in [-0.39, 0.29) is 12.3 Å². The van der Waals surface area contributed by atoms with E-state index in [1.165, 1.54) is 6.07 Å². The molecule has 1 atom stereocenters. The number of carbonyl (C=O) groups is 1. The minimum absolute atomic E-state index is 0.0549. The highest BCUT2D eigenvalue weighted by Crippen LogP contribution is 2.36. The zero-order chi connectivity index (χ0) is 16.4. The fourth-order valence-electron chi connectivity index (χ4n) is 2.49. The Bertz CT molecular complexity index is 756. The van der Waals surface area contributed by atoms with E-state index in [2.05, 4.69) is 5.32 Å². The van der Waals surface area contributed by atoms with E-state index in [9.17, 15) is 20.0 Å². The first-order valence-electron chi connectivity index (χ1n) is 6.97. The fourth-order valence-corrected chi connectivity index (χ4v) is 2.49. The molecule has 2 N–H and O–H groups in total. The Kier molecular flexibility index (Phi) is 3.75. The Hall–Kier alpha value is -2.87. The summed E-state index contributed by atoms with van der Waals surface area (Å²) in [6.45, 7) is 0.274. The average Bonchev–Trinajstić information content (AvgIpc) is 3.04. The van der Waals surface area contributed by atoms with Gasteiger partial charge < -0.3 is 19.6 Å². The van der Waals surface area contributed by atoms with Crippen LogP contribution in [0, 0.1) is 10.1 Å². The highest BCUT2D eigenvalue weighted by molar-refractivity contribution is 5.91. The number of hydrogen-bond acceptors (Lipinski definition) is 6. The van der Waals surface area contributed by atoms with Gasteiger partial charge in [-0.3, -0.25) is 14.9 Å². The summed E-state index contributed by atoms with van der Waals surface area (Å²) in [5.74, 6) is -0.745. The Labute approximate surface area is 130 Å². The van der Waals surface area contributed by atoms with Crippen molar-refractivity contribution in [1.82, 2.24) is 5.32 Å². The predicted molar refractivity (Wildman–Crippen MR) is 78.1 cm³/mol. The smallest absolute Gasteiger partial charge is 0.433 e. The lowest BCUT2D eigenvalue weighted by Crippen LogP contribution is -2.43. The third kappa shape index (κ3) is 2.88. The topological polar surface area (TPSA) is 115 Å². The Morgan fingerprint density at radius 1 is 1.35 bits per heavy atom. The molecule has 0 bridgehead atoms. The maximum atomic E-state index is 12.0. The van der Waals surface area contributed by atoms with Crippen molar-refractivity contribution in [3.63, 3.8) is 0 Å². The maximum Gasteiger partial charge on any atom is 0.433 e. The van der Waals surface area contributed by atoms with Crippen LogP contribution in [0.3, 0.4) is 0 Å². The molecule has 1 amide bonds. The molecule has 1 aliphatic heterocycles. The molecule has 0 fully saturated rings. The van der Waals surface area contributed by atoms with Gasteiger partial charge in [0.1, 0.15) is 16.3 Å². The van der Waals surface area contributed by atoms with E-state index >= 15 is 0 Å². The lowest BCUT2D eigenvalue weighted by Gasteiger charge is -2.34. The summed E-state index contributed by atoms with van der Waals surface area (Å²) < 4.78 is 10.3. The van der Waals surface area contributed by atoms with Crippen LogP contribution >= 0.6 is 0 Å². The summed E-state index contributed by atoms with van der Waals surface area (Å²) in [4.78, 5) is 21.8. The van der Waals surface area contributed by atoms with Gasteiger partial charge in [0.2, 0.25) is 0 Å². The number of hydrogen-bond donors (Lipinski definition) is 2. The second-order valence-corrected chi connectivity index (χ2v) is 5.20. The number of aliphatic hydroxyl groups is 1. The zero-order valence-electron chi connectivity index (χ0n) is 12.0. The number of furan rings is 1. The predicted octanol–water partition coefficient (Wildman–Crippen LogP) is 1.59. The SMILES string of the molecule is O=C(NCC1(O)CCOc2ccccc21)c1ccc([N+](=O)[O-])o1. The summed E-state index contributed by atoms with van der Waals surface area (Å²) in [7, 11) is 0. The molecule has 1 aliphatic rings. The van der Waals surface area contributed by atoms with E-state index in [0.717, 1.165) is 6.07 Å². The summed E-state index contributed by atoms with van der Waals surface area (Å²) >= 11 is 0.